The molecule has 0 fully saturated rings. The van der Waals surface area contributed by atoms with Crippen molar-refractivity contribution in [2.24, 2.45) is 17.8 Å². The van der Waals surface area contributed by atoms with Crippen LogP contribution >= 0.6 is 0 Å². The van der Waals surface area contributed by atoms with Gasteiger partial charge in [-0.05, 0) is 17.8 Å². The lowest BCUT2D eigenvalue weighted by Gasteiger charge is -2.29. The average molecular weight is 163 g/mol. The third-order valence-corrected chi connectivity index (χ3v) is 2.49. The second-order valence-electron chi connectivity index (χ2n) is 4.17. The normalized spacial score (nSPS) is 24.3. The van der Waals surface area contributed by atoms with Crippen molar-refractivity contribution < 1.29 is 0 Å². The van der Waals surface area contributed by atoms with E-state index < -0.39 is 0 Å². The van der Waals surface area contributed by atoms with E-state index in [4.69, 9.17) is 0 Å². The van der Waals surface area contributed by atoms with Crippen molar-refractivity contribution in [1.82, 2.24) is 0 Å². The maximum absolute atomic E-state index is 2.32. The van der Waals surface area contributed by atoms with Gasteiger partial charge < -0.3 is 0 Å². The molecule has 12 heavy (non-hydrogen) atoms. The Morgan fingerprint density at radius 2 is 1.75 bits per heavy atom. The van der Waals surface area contributed by atoms with Crippen LogP contribution in [0.3, 0.4) is 0 Å². The molecule has 0 saturated carbocycles. The minimum atomic E-state index is 0.662. The van der Waals surface area contributed by atoms with Crippen molar-refractivity contribution in [2.45, 2.75) is 27.7 Å². The number of hydrogen-bond acceptors (Lipinski definition) is 0. The highest BCUT2D eigenvalue weighted by molar-refractivity contribution is 5.28. The van der Waals surface area contributed by atoms with Crippen LogP contribution in [0.1, 0.15) is 27.7 Å². The van der Waals surface area contributed by atoms with Gasteiger partial charge in [0.2, 0.25) is 0 Å². The molecule has 0 heterocycles. The molecule has 1 unspecified atom stereocenters. The van der Waals surface area contributed by atoms with Gasteiger partial charge in [0.05, 0.1) is 0 Å². The second-order valence-corrected chi connectivity index (χ2v) is 4.17. The quantitative estimate of drug-likeness (QED) is 0.583. The monoisotopic (exact) mass is 163 g/mol. The summed E-state index contributed by atoms with van der Waals surface area (Å²) in [5.41, 5.74) is 0. The summed E-state index contributed by atoms with van der Waals surface area (Å²) in [5, 5.41) is 0. The minimum Gasteiger partial charge on any atom is -0.0803 e. The Morgan fingerprint density at radius 3 is 2.17 bits per heavy atom. The van der Waals surface area contributed by atoms with Crippen LogP contribution in [0.2, 0.25) is 0 Å². The molecule has 0 nitrogen and oxygen atoms in total. The lowest BCUT2D eigenvalue weighted by molar-refractivity contribution is 0.437. The molecule has 0 aromatic heterocycles. The lowest BCUT2D eigenvalue weighted by atomic mass is 9.75. The largest absolute Gasteiger partial charge is 0.0803 e. The van der Waals surface area contributed by atoms with Crippen LogP contribution in [-0.4, -0.2) is 0 Å². The molecule has 1 atom stereocenters. The smallest absolute Gasteiger partial charge is 0.00723 e. The van der Waals surface area contributed by atoms with Gasteiger partial charge in [-0.1, -0.05) is 52.0 Å². The first kappa shape index (κ1) is 9.57. The van der Waals surface area contributed by atoms with E-state index >= 15 is 0 Å². The first-order valence-corrected chi connectivity index (χ1v) is 4.84. The first-order valence-electron chi connectivity index (χ1n) is 4.84. The summed E-state index contributed by atoms with van der Waals surface area (Å²) in [6.07, 6.45) is 8.90. The molecule has 0 bridgehead atoms. The third-order valence-electron chi connectivity index (χ3n) is 2.49. The topological polar surface area (TPSA) is 0 Å². The average Bonchev–Trinajstić information content (AvgIpc) is 2.04. The maximum Gasteiger partial charge on any atom is 0.00723 e. The molecule has 0 amide bonds. The standard InChI is InChI=1S/C12H19/c1-9(2)11-7-5-6-8-12(11)10(3)4/h5-11H,1-4H3. The van der Waals surface area contributed by atoms with Crippen molar-refractivity contribution in [1.29, 1.82) is 0 Å². The Balaban J connectivity index is 2.71. The number of rotatable bonds is 2. The van der Waals surface area contributed by atoms with Gasteiger partial charge in [0.15, 0.2) is 0 Å². The predicted molar refractivity (Wildman–Crippen MR) is 54.7 cm³/mol. The number of allylic oxidation sites excluding steroid dienone is 4. The van der Waals surface area contributed by atoms with Crippen molar-refractivity contribution in [3.63, 3.8) is 0 Å². The highest BCUT2D eigenvalue weighted by Crippen LogP contribution is 2.33. The SMILES string of the molecule is CC(C)[C]1C=CC=CC1C(C)C. The summed E-state index contributed by atoms with van der Waals surface area (Å²) in [5.74, 6) is 3.64. The summed E-state index contributed by atoms with van der Waals surface area (Å²) in [6.45, 7) is 9.12. The molecule has 0 aromatic carbocycles. The molecule has 0 saturated heterocycles. The van der Waals surface area contributed by atoms with E-state index in [2.05, 4.69) is 52.0 Å². The first-order chi connectivity index (χ1) is 5.63. The highest BCUT2D eigenvalue weighted by atomic mass is 14.3. The molecule has 1 rings (SSSR count). The van der Waals surface area contributed by atoms with Gasteiger partial charge in [-0.15, -0.1) is 0 Å². The van der Waals surface area contributed by atoms with Crippen LogP contribution in [0.25, 0.3) is 0 Å². The zero-order valence-electron chi connectivity index (χ0n) is 8.54. The van der Waals surface area contributed by atoms with Gasteiger partial charge in [-0.3, -0.25) is 0 Å². The predicted octanol–water partition coefficient (Wildman–Crippen LogP) is 3.62. The molecular formula is C12H19. The fourth-order valence-corrected chi connectivity index (χ4v) is 1.76. The van der Waals surface area contributed by atoms with Gasteiger partial charge in [-0.2, -0.15) is 0 Å². The van der Waals surface area contributed by atoms with Gasteiger partial charge in [0.25, 0.3) is 0 Å². The molecular weight excluding hydrogens is 144 g/mol. The van der Waals surface area contributed by atoms with E-state index in [1.165, 1.54) is 0 Å². The van der Waals surface area contributed by atoms with Crippen LogP contribution in [0, 0.1) is 23.7 Å². The van der Waals surface area contributed by atoms with Gasteiger partial charge in [-0.25, -0.2) is 0 Å². The molecule has 0 aromatic rings. The molecule has 67 valence electrons. The van der Waals surface area contributed by atoms with Gasteiger partial charge in [0.1, 0.15) is 0 Å². The lowest BCUT2D eigenvalue weighted by Crippen LogP contribution is -2.20. The van der Waals surface area contributed by atoms with E-state index in [0.717, 1.165) is 5.92 Å². The van der Waals surface area contributed by atoms with Crippen LogP contribution < -0.4 is 0 Å². The number of hydrogen-bond donors (Lipinski definition) is 0. The summed E-state index contributed by atoms with van der Waals surface area (Å²) in [6, 6.07) is 0. The van der Waals surface area contributed by atoms with E-state index in [1.807, 2.05) is 0 Å². The second kappa shape index (κ2) is 3.93. The summed E-state index contributed by atoms with van der Waals surface area (Å²) < 4.78 is 0. The summed E-state index contributed by atoms with van der Waals surface area (Å²) >= 11 is 0. The summed E-state index contributed by atoms with van der Waals surface area (Å²) in [7, 11) is 0. The molecule has 0 heteroatoms. The van der Waals surface area contributed by atoms with Crippen LogP contribution in [0.5, 0.6) is 0 Å². The van der Waals surface area contributed by atoms with Crippen molar-refractivity contribution >= 4 is 0 Å². The van der Waals surface area contributed by atoms with E-state index in [1.54, 1.807) is 5.92 Å². The molecule has 1 radical (unpaired) electrons. The Kier molecular flexibility index (Phi) is 3.13. The van der Waals surface area contributed by atoms with E-state index in [-0.39, 0.29) is 0 Å². The van der Waals surface area contributed by atoms with E-state index in [9.17, 15) is 0 Å². The van der Waals surface area contributed by atoms with E-state index in [0.29, 0.717) is 11.8 Å². The Hall–Kier alpha value is -0.520. The molecule has 1 aliphatic carbocycles. The Labute approximate surface area is 76.4 Å². The summed E-state index contributed by atoms with van der Waals surface area (Å²) in [4.78, 5) is 0. The van der Waals surface area contributed by atoms with Crippen LogP contribution in [0.15, 0.2) is 24.3 Å². The highest BCUT2D eigenvalue weighted by Gasteiger charge is 2.24. The fraction of sp³-hybridized carbons (Fsp3) is 0.583. The van der Waals surface area contributed by atoms with Crippen molar-refractivity contribution in [2.75, 3.05) is 0 Å². The zero-order valence-corrected chi connectivity index (χ0v) is 8.54. The van der Waals surface area contributed by atoms with Crippen LogP contribution in [-0.2, 0) is 0 Å². The molecule has 0 aliphatic heterocycles. The maximum atomic E-state index is 2.32. The van der Waals surface area contributed by atoms with Gasteiger partial charge in [0, 0.05) is 5.92 Å². The Bertz CT molecular complexity index is 162. The zero-order chi connectivity index (χ0) is 9.14. The fourth-order valence-electron chi connectivity index (χ4n) is 1.76. The third kappa shape index (κ3) is 2.00. The molecule has 0 N–H and O–H groups in total. The van der Waals surface area contributed by atoms with Crippen molar-refractivity contribution in [3.8, 4) is 0 Å². The molecule has 0 spiro atoms. The van der Waals surface area contributed by atoms with Crippen LogP contribution in [0.4, 0.5) is 0 Å². The minimum absolute atomic E-state index is 0.662. The Morgan fingerprint density at radius 1 is 1.08 bits per heavy atom. The van der Waals surface area contributed by atoms with Gasteiger partial charge >= 0.3 is 0 Å². The molecule has 1 aliphatic rings. The van der Waals surface area contributed by atoms with Crippen molar-refractivity contribution in [3.05, 3.63) is 30.2 Å².